The first-order valence-corrected chi connectivity index (χ1v) is 16.0. The van der Waals surface area contributed by atoms with Crippen molar-refractivity contribution < 1.29 is 42.0 Å². The minimum Gasteiger partial charge on any atom is -0.463 e. The fourth-order valence-electron chi connectivity index (χ4n) is 5.35. The van der Waals surface area contributed by atoms with E-state index in [2.05, 4.69) is 11.6 Å². The van der Waals surface area contributed by atoms with Gasteiger partial charge in [0.1, 0.15) is 23.3 Å². The van der Waals surface area contributed by atoms with Gasteiger partial charge in [-0.05, 0) is 56.0 Å². The lowest BCUT2D eigenvalue weighted by atomic mass is 9.94. The highest BCUT2D eigenvalue weighted by Gasteiger charge is 2.51. The topological polar surface area (TPSA) is 131 Å². The number of aryl methyl sites for hydroxylation is 1. The Morgan fingerprint density at radius 2 is 1.68 bits per heavy atom. The van der Waals surface area contributed by atoms with Crippen LogP contribution in [0.1, 0.15) is 83.6 Å². The Morgan fingerprint density at radius 1 is 1.05 bits per heavy atom. The number of carbonyl (C=O) groups excluding carboxylic acids is 1. The second kappa shape index (κ2) is 15.3. The average Bonchev–Trinajstić information content (AvgIpc) is 3.28. The number of carbonyl (C=O) groups is 1. The molecule has 0 amide bonds. The van der Waals surface area contributed by atoms with Gasteiger partial charge < -0.3 is 24.4 Å². The summed E-state index contributed by atoms with van der Waals surface area (Å²) in [6.07, 6.45) is 9.09. The van der Waals surface area contributed by atoms with Crippen LogP contribution in [0.15, 0.2) is 29.8 Å². The Bertz CT molecular complexity index is 1100. The first kappa shape index (κ1) is 32.5. The van der Waals surface area contributed by atoms with E-state index < -0.39 is 58.3 Å². The summed E-state index contributed by atoms with van der Waals surface area (Å²) < 4.78 is 60.8. The molecule has 1 unspecified atom stereocenters. The van der Waals surface area contributed by atoms with Gasteiger partial charge in [0.05, 0.1) is 31.1 Å². The number of esters is 1. The molecule has 0 saturated carbocycles. The van der Waals surface area contributed by atoms with Gasteiger partial charge in [0.2, 0.25) is 10.0 Å². The lowest BCUT2D eigenvalue weighted by Crippen LogP contribution is -2.43. The monoisotopic (exact) mass is 585 g/mol. The molecule has 226 valence electrons. The minimum atomic E-state index is -4.17. The fraction of sp³-hybridized carbons (Fsp3) is 0.690. The number of ether oxygens (including phenoxy) is 3. The Kier molecular flexibility index (Phi) is 12.4. The molecule has 40 heavy (non-hydrogen) atoms. The molecule has 0 aromatic heterocycles. The first-order chi connectivity index (χ1) is 19.2. The summed E-state index contributed by atoms with van der Waals surface area (Å²) in [4.78, 5) is 12.9. The lowest BCUT2D eigenvalue weighted by Gasteiger charge is -2.33. The van der Waals surface area contributed by atoms with Crippen LogP contribution in [0.5, 0.6) is 0 Å². The number of rotatable bonds is 16. The summed E-state index contributed by atoms with van der Waals surface area (Å²) in [5, 5.41) is 17.9. The molecule has 0 radical (unpaired) electrons. The molecule has 3 atom stereocenters. The van der Waals surface area contributed by atoms with Gasteiger partial charge in [-0.2, -0.15) is 0 Å². The number of hydrogen-bond acceptors (Lipinski definition) is 8. The van der Waals surface area contributed by atoms with Gasteiger partial charge in [-0.25, -0.2) is 17.6 Å². The molecule has 11 heteroatoms. The summed E-state index contributed by atoms with van der Waals surface area (Å²) >= 11 is 0. The number of sulfonamides is 1. The van der Waals surface area contributed by atoms with Crippen LogP contribution < -0.4 is 4.72 Å². The predicted octanol–water partition coefficient (Wildman–Crippen LogP) is 4.37. The third-order valence-electron chi connectivity index (χ3n) is 7.46. The highest BCUT2D eigenvalue weighted by atomic mass is 32.2. The molecule has 1 heterocycles. The molecule has 0 bridgehead atoms. The summed E-state index contributed by atoms with van der Waals surface area (Å²) in [5.41, 5.74) is 0.687. The van der Waals surface area contributed by atoms with Crippen LogP contribution in [-0.4, -0.2) is 67.7 Å². The van der Waals surface area contributed by atoms with E-state index in [1.54, 1.807) is 6.92 Å². The molecule has 1 saturated heterocycles. The zero-order valence-corrected chi connectivity index (χ0v) is 24.4. The van der Waals surface area contributed by atoms with Gasteiger partial charge in [0.25, 0.3) is 0 Å². The zero-order valence-electron chi connectivity index (χ0n) is 23.6. The number of aliphatic hydroxyl groups is 2. The highest BCUT2D eigenvalue weighted by Crippen LogP contribution is 2.41. The molecule has 1 spiro atoms. The maximum absolute atomic E-state index is 14.1. The molecule has 1 aromatic carbocycles. The van der Waals surface area contributed by atoms with Gasteiger partial charge in [-0.3, -0.25) is 4.72 Å². The second-order valence-corrected chi connectivity index (χ2v) is 12.4. The third kappa shape index (κ3) is 8.48. The van der Waals surface area contributed by atoms with E-state index in [4.69, 9.17) is 14.2 Å². The van der Waals surface area contributed by atoms with Crippen LogP contribution in [0.25, 0.3) is 0 Å². The predicted molar refractivity (Wildman–Crippen MR) is 150 cm³/mol. The number of nitrogens with one attached hydrogen (secondary N) is 1. The SMILES string of the molecule is CCCCCCCCCCc1cc(F)ccc1NS(=O)(=O)C1CCC2(C=C1C(=O)OCC)O[C@@H](CO)[C@H](CO)O2. The average molecular weight is 586 g/mol. The van der Waals surface area contributed by atoms with E-state index in [1.807, 2.05) is 0 Å². The Hall–Kier alpha value is -2.05. The van der Waals surface area contributed by atoms with Gasteiger partial charge >= 0.3 is 5.97 Å². The first-order valence-electron chi connectivity index (χ1n) is 14.5. The van der Waals surface area contributed by atoms with Crippen LogP contribution in [0.2, 0.25) is 0 Å². The normalized spacial score (nSPS) is 22.3. The molecule has 9 nitrogen and oxygen atoms in total. The number of aliphatic hydroxyl groups excluding tert-OH is 2. The number of hydrogen-bond donors (Lipinski definition) is 3. The summed E-state index contributed by atoms with van der Waals surface area (Å²) in [7, 11) is -4.17. The molecular formula is C29H44FNO8S. The van der Waals surface area contributed by atoms with E-state index in [1.165, 1.54) is 50.0 Å². The van der Waals surface area contributed by atoms with Crippen molar-refractivity contribution in [3.8, 4) is 0 Å². The number of anilines is 1. The third-order valence-corrected chi connectivity index (χ3v) is 9.20. The van der Waals surface area contributed by atoms with E-state index in [-0.39, 0.29) is 30.7 Å². The van der Waals surface area contributed by atoms with Crippen LogP contribution in [0.3, 0.4) is 0 Å². The summed E-state index contributed by atoms with van der Waals surface area (Å²) in [6, 6.07) is 3.96. The Balaban J connectivity index is 1.76. The number of halogens is 1. The quantitative estimate of drug-likeness (QED) is 0.193. The lowest BCUT2D eigenvalue weighted by molar-refractivity contribution is -0.154. The van der Waals surface area contributed by atoms with E-state index >= 15 is 0 Å². The molecule has 3 rings (SSSR count). The summed E-state index contributed by atoms with van der Waals surface area (Å²) in [5.74, 6) is -2.74. The molecule has 3 N–H and O–H groups in total. The van der Waals surface area contributed by atoms with E-state index in [0.29, 0.717) is 12.0 Å². The van der Waals surface area contributed by atoms with Crippen LogP contribution in [-0.2, 0) is 35.4 Å². The summed E-state index contributed by atoms with van der Waals surface area (Å²) in [6.45, 7) is 3.00. The second-order valence-electron chi connectivity index (χ2n) is 10.5. The molecule has 1 aliphatic heterocycles. The minimum absolute atomic E-state index is 0.0321. The highest BCUT2D eigenvalue weighted by molar-refractivity contribution is 7.93. The fourth-order valence-corrected chi connectivity index (χ4v) is 6.92. The van der Waals surface area contributed by atoms with Crippen molar-refractivity contribution in [3.05, 3.63) is 41.2 Å². The van der Waals surface area contributed by atoms with Crippen molar-refractivity contribution in [2.75, 3.05) is 24.5 Å². The molecule has 2 aliphatic rings. The van der Waals surface area contributed by atoms with Gasteiger partial charge in [-0.15, -0.1) is 0 Å². The van der Waals surface area contributed by atoms with Crippen LogP contribution in [0, 0.1) is 5.82 Å². The van der Waals surface area contributed by atoms with Crippen LogP contribution >= 0.6 is 0 Å². The molecule has 1 aromatic rings. The number of unbranched alkanes of at least 4 members (excludes halogenated alkanes) is 7. The van der Waals surface area contributed by atoms with Crippen molar-refractivity contribution in [1.82, 2.24) is 0 Å². The molecular weight excluding hydrogens is 541 g/mol. The zero-order chi connectivity index (χ0) is 29.2. The van der Waals surface area contributed by atoms with Gasteiger partial charge in [0.15, 0.2) is 5.79 Å². The van der Waals surface area contributed by atoms with Crippen molar-refractivity contribution in [1.29, 1.82) is 0 Å². The number of benzene rings is 1. The van der Waals surface area contributed by atoms with Crippen molar-refractivity contribution >= 4 is 21.7 Å². The standard InChI is InChI=1S/C29H44FNO8S/c1-3-5-6-7-8-9-10-11-12-21-17-22(30)13-14-24(21)31-40(35,36)27-15-16-29(18-23(27)28(34)37-4-2)38-25(19-32)26(20-33)39-29/h13-14,17-18,25-27,31-33H,3-12,15-16,19-20H2,1-2H3/t25-,26-,27?/m0/s1. The largest absolute Gasteiger partial charge is 0.463 e. The van der Waals surface area contributed by atoms with E-state index in [0.717, 1.165) is 25.7 Å². The molecule has 1 fully saturated rings. The van der Waals surface area contributed by atoms with Crippen molar-refractivity contribution in [2.45, 2.75) is 108 Å². The maximum atomic E-state index is 14.1. The smallest absolute Gasteiger partial charge is 0.335 e. The Labute approximate surface area is 237 Å². The van der Waals surface area contributed by atoms with Crippen molar-refractivity contribution in [2.24, 2.45) is 0 Å². The van der Waals surface area contributed by atoms with Gasteiger partial charge in [-0.1, -0.05) is 51.9 Å². The van der Waals surface area contributed by atoms with Crippen LogP contribution in [0.4, 0.5) is 10.1 Å². The van der Waals surface area contributed by atoms with E-state index in [9.17, 15) is 27.8 Å². The Morgan fingerprint density at radius 3 is 2.27 bits per heavy atom. The van der Waals surface area contributed by atoms with Crippen molar-refractivity contribution in [3.63, 3.8) is 0 Å². The molecule has 1 aliphatic carbocycles. The maximum Gasteiger partial charge on any atom is 0.335 e. The van der Waals surface area contributed by atoms with Gasteiger partial charge in [0, 0.05) is 6.42 Å².